The van der Waals surface area contributed by atoms with Crippen LogP contribution < -0.4 is 5.32 Å². The maximum Gasteiger partial charge on any atom is 0.244 e. The number of amides is 1. The van der Waals surface area contributed by atoms with Crippen LogP contribution in [0.25, 0.3) is 10.9 Å². The Morgan fingerprint density at radius 2 is 1.69 bits per heavy atom. The number of hydrogen-bond donors (Lipinski definition) is 1. The lowest BCUT2D eigenvalue weighted by molar-refractivity contribution is -0.116. The van der Waals surface area contributed by atoms with Crippen LogP contribution in [-0.4, -0.2) is 18.9 Å². The number of nitrogens with one attached hydrogen (secondary N) is 1. The van der Waals surface area contributed by atoms with Crippen molar-refractivity contribution in [1.29, 1.82) is 0 Å². The number of anilines is 1. The van der Waals surface area contributed by atoms with Gasteiger partial charge in [0.15, 0.2) is 9.84 Å². The molecule has 0 spiro atoms. The highest BCUT2D eigenvalue weighted by molar-refractivity contribution is 7.90. The number of carbonyl (C=O) groups is 1. The predicted octanol–water partition coefficient (Wildman–Crippen LogP) is 5.01. The first kappa shape index (κ1) is 21.8. The molecule has 0 saturated carbocycles. The number of carbonyl (C=O) groups excluding carboxylic acids is 1. The lowest BCUT2D eigenvalue weighted by atomic mass is 10.1. The van der Waals surface area contributed by atoms with Crippen molar-refractivity contribution in [2.75, 3.05) is 5.32 Å². The van der Waals surface area contributed by atoms with E-state index in [-0.39, 0.29) is 23.1 Å². The minimum atomic E-state index is -3.71. The van der Waals surface area contributed by atoms with Crippen molar-refractivity contribution in [2.45, 2.75) is 31.0 Å². The third-order valence-electron chi connectivity index (χ3n) is 5.46. The molecule has 0 aliphatic carbocycles. The normalized spacial score (nSPS) is 11.6. The minimum absolute atomic E-state index is 0.0283. The van der Waals surface area contributed by atoms with E-state index >= 15 is 0 Å². The van der Waals surface area contributed by atoms with Gasteiger partial charge in [-0.3, -0.25) is 4.79 Å². The molecule has 0 unspecified atom stereocenters. The molecule has 0 aliphatic rings. The lowest BCUT2D eigenvalue weighted by Gasteiger charge is -2.09. The van der Waals surface area contributed by atoms with Crippen molar-refractivity contribution in [3.63, 3.8) is 0 Å². The smallest absolute Gasteiger partial charge is 0.244 e. The molecule has 1 aromatic heterocycles. The summed E-state index contributed by atoms with van der Waals surface area (Å²) in [6.45, 7) is 3.95. The molecule has 1 amide bonds. The zero-order chi connectivity index (χ0) is 22.9. The third-order valence-corrected chi connectivity index (χ3v) is 7.17. The Labute approximate surface area is 186 Å². The summed E-state index contributed by atoms with van der Waals surface area (Å²) < 4.78 is 41.1. The molecule has 7 heteroatoms. The van der Waals surface area contributed by atoms with Crippen LogP contribution in [0.2, 0.25) is 0 Å². The van der Waals surface area contributed by atoms with Gasteiger partial charge in [-0.25, -0.2) is 12.8 Å². The van der Waals surface area contributed by atoms with Crippen LogP contribution in [0.1, 0.15) is 16.7 Å². The summed E-state index contributed by atoms with van der Waals surface area (Å²) in [5.41, 5.74) is 4.05. The molecule has 0 bridgehead atoms. The van der Waals surface area contributed by atoms with Crippen molar-refractivity contribution in [1.82, 2.24) is 4.57 Å². The Hall–Kier alpha value is -3.45. The molecule has 4 aromatic rings. The molecule has 1 N–H and O–H groups in total. The number of nitrogens with zero attached hydrogens (tertiary/aromatic N) is 1. The van der Waals surface area contributed by atoms with Crippen molar-refractivity contribution >= 4 is 32.3 Å². The second-order valence-electron chi connectivity index (χ2n) is 7.87. The van der Waals surface area contributed by atoms with Gasteiger partial charge in [0.1, 0.15) is 12.4 Å². The first-order valence-electron chi connectivity index (χ1n) is 10.1. The maximum absolute atomic E-state index is 13.2. The Kier molecular flexibility index (Phi) is 5.84. The number of para-hydroxylation sites is 1. The quantitative estimate of drug-likeness (QED) is 0.449. The average molecular weight is 451 g/mol. The Bertz CT molecular complexity index is 1410. The van der Waals surface area contributed by atoms with Gasteiger partial charge in [0.25, 0.3) is 0 Å². The first-order chi connectivity index (χ1) is 15.2. The van der Waals surface area contributed by atoms with E-state index in [1.807, 2.05) is 32.0 Å². The lowest BCUT2D eigenvalue weighted by Crippen LogP contribution is -2.18. The second-order valence-corrected chi connectivity index (χ2v) is 9.83. The highest BCUT2D eigenvalue weighted by atomic mass is 32.2. The molecular weight excluding hydrogens is 427 g/mol. The second kappa shape index (κ2) is 8.59. The van der Waals surface area contributed by atoms with Crippen LogP contribution in [-0.2, 0) is 26.9 Å². The average Bonchev–Trinajstić information content (AvgIpc) is 3.12. The molecule has 164 valence electrons. The standard InChI is InChI=1S/C25H23FN2O3S/c1-17-7-12-21(13-18(17)2)27-25(29)15-28-14-24(22-5-3-4-6-23(22)28)32(30,31)16-19-8-10-20(26)11-9-19/h3-14H,15-16H2,1-2H3,(H,27,29). The molecule has 1 heterocycles. The summed E-state index contributed by atoms with van der Waals surface area (Å²) in [5, 5.41) is 3.42. The van der Waals surface area contributed by atoms with Crippen LogP contribution in [0.5, 0.6) is 0 Å². The van der Waals surface area contributed by atoms with Gasteiger partial charge in [-0.1, -0.05) is 36.4 Å². The molecular formula is C25H23FN2O3S. The highest BCUT2D eigenvalue weighted by Gasteiger charge is 2.22. The van der Waals surface area contributed by atoms with Gasteiger partial charge >= 0.3 is 0 Å². The SMILES string of the molecule is Cc1ccc(NC(=O)Cn2cc(S(=O)(=O)Cc3ccc(F)cc3)c3ccccc32)cc1C. The number of fused-ring (bicyclic) bond motifs is 1. The van der Waals surface area contributed by atoms with E-state index in [9.17, 15) is 17.6 Å². The topological polar surface area (TPSA) is 68.2 Å². The van der Waals surface area contributed by atoms with E-state index in [1.165, 1.54) is 30.5 Å². The van der Waals surface area contributed by atoms with Crippen LogP contribution >= 0.6 is 0 Å². The van der Waals surface area contributed by atoms with E-state index in [0.29, 0.717) is 22.2 Å². The number of rotatable bonds is 6. The number of benzene rings is 3. The fourth-order valence-electron chi connectivity index (χ4n) is 3.64. The number of aromatic nitrogens is 1. The molecule has 32 heavy (non-hydrogen) atoms. The fraction of sp³-hybridized carbons (Fsp3) is 0.160. The van der Waals surface area contributed by atoms with E-state index in [1.54, 1.807) is 28.8 Å². The summed E-state index contributed by atoms with van der Waals surface area (Å²) >= 11 is 0. The molecule has 0 radical (unpaired) electrons. The van der Waals surface area contributed by atoms with E-state index in [0.717, 1.165) is 11.1 Å². The Morgan fingerprint density at radius 3 is 2.41 bits per heavy atom. The van der Waals surface area contributed by atoms with Crippen LogP contribution in [0.3, 0.4) is 0 Å². The fourth-order valence-corrected chi connectivity index (χ4v) is 5.23. The minimum Gasteiger partial charge on any atom is -0.337 e. The van der Waals surface area contributed by atoms with Gasteiger partial charge in [0, 0.05) is 22.8 Å². The van der Waals surface area contributed by atoms with Crippen LogP contribution in [0, 0.1) is 19.7 Å². The molecule has 0 aliphatic heterocycles. The summed E-state index contributed by atoms with van der Waals surface area (Å²) in [4.78, 5) is 12.8. The number of aryl methyl sites for hydroxylation is 2. The van der Waals surface area contributed by atoms with Crippen molar-refractivity contribution in [3.05, 3.63) is 95.4 Å². The Morgan fingerprint density at radius 1 is 0.969 bits per heavy atom. The van der Waals surface area contributed by atoms with E-state index in [4.69, 9.17) is 0 Å². The Balaban J connectivity index is 1.62. The number of hydrogen-bond acceptors (Lipinski definition) is 3. The van der Waals surface area contributed by atoms with Crippen LogP contribution in [0.15, 0.2) is 77.8 Å². The van der Waals surface area contributed by atoms with Crippen molar-refractivity contribution < 1.29 is 17.6 Å². The highest BCUT2D eigenvalue weighted by Crippen LogP contribution is 2.28. The predicted molar refractivity (Wildman–Crippen MR) is 124 cm³/mol. The van der Waals surface area contributed by atoms with E-state index < -0.39 is 15.7 Å². The molecule has 0 atom stereocenters. The van der Waals surface area contributed by atoms with Gasteiger partial charge in [0.05, 0.1) is 10.6 Å². The summed E-state index contributed by atoms with van der Waals surface area (Å²) in [7, 11) is -3.71. The largest absolute Gasteiger partial charge is 0.337 e. The van der Waals surface area contributed by atoms with Gasteiger partial charge in [-0.15, -0.1) is 0 Å². The summed E-state index contributed by atoms with van der Waals surface area (Å²) in [5.74, 6) is -0.926. The zero-order valence-electron chi connectivity index (χ0n) is 17.8. The van der Waals surface area contributed by atoms with Crippen LogP contribution in [0.4, 0.5) is 10.1 Å². The maximum atomic E-state index is 13.2. The summed E-state index contributed by atoms with van der Waals surface area (Å²) in [6.07, 6.45) is 1.50. The van der Waals surface area contributed by atoms with Gasteiger partial charge in [-0.05, 0) is 60.9 Å². The molecule has 4 rings (SSSR count). The molecule has 5 nitrogen and oxygen atoms in total. The molecule has 3 aromatic carbocycles. The third kappa shape index (κ3) is 4.57. The number of sulfone groups is 1. The van der Waals surface area contributed by atoms with Crippen molar-refractivity contribution in [2.24, 2.45) is 0 Å². The zero-order valence-corrected chi connectivity index (χ0v) is 18.6. The first-order valence-corrected chi connectivity index (χ1v) is 11.8. The van der Waals surface area contributed by atoms with Crippen molar-refractivity contribution in [3.8, 4) is 0 Å². The monoisotopic (exact) mass is 450 g/mol. The number of halogens is 1. The molecule has 0 saturated heterocycles. The van der Waals surface area contributed by atoms with Gasteiger partial charge in [0.2, 0.25) is 5.91 Å². The summed E-state index contributed by atoms with van der Waals surface area (Å²) in [6, 6.07) is 18.2. The van der Waals surface area contributed by atoms with E-state index in [2.05, 4.69) is 5.32 Å². The molecule has 0 fully saturated rings. The van der Waals surface area contributed by atoms with Gasteiger partial charge in [-0.2, -0.15) is 0 Å². The van der Waals surface area contributed by atoms with Gasteiger partial charge < -0.3 is 9.88 Å².